The highest BCUT2D eigenvalue weighted by Gasteiger charge is 2.17. The van der Waals surface area contributed by atoms with Gasteiger partial charge in [0.2, 0.25) is 0 Å². The van der Waals surface area contributed by atoms with Crippen molar-refractivity contribution in [2.24, 2.45) is 5.73 Å². The number of methoxy groups -OCH3 is 1. The third kappa shape index (κ3) is 2.96. The van der Waals surface area contributed by atoms with Crippen molar-refractivity contribution in [2.45, 2.75) is 13.0 Å². The largest absolute Gasteiger partial charge is 0.496 e. The van der Waals surface area contributed by atoms with Crippen molar-refractivity contribution < 1.29 is 9.13 Å². The van der Waals surface area contributed by atoms with Crippen molar-refractivity contribution in [1.82, 2.24) is 0 Å². The van der Waals surface area contributed by atoms with Crippen LogP contribution < -0.4 is 10.5 Å². The van der Waals surface area contributed by atoms with E-state index in [1.165, 1.54) is 12.1 Å². The second kappa shape index (κ2) is 5.72. The van der Waals surface area contributed by atoms with Crippen LogP contribution in [0.1, 0.15) is 22.7 Å². The zero-order valence-electron chi connectivity index (χ0n) is 10.8. The summed E-state index contributed by atoms with van der Waals surface area (Å²) in [6, 6.07) is 9.83. The summed E-state index contributed by atoms with van der Waals surface area (Å²) in [5, 5.41) is 0. The van der Waals surface area contributed by atoms with E-state index >= 15 is 0 Å². The Bertz CT molecular complexity index is 601. The molecule has 0 heterocycles. The fraction of sp³-hybridized carbons (Fsp3) is 0.200. The van der Waals surface area contributed by atoms with Crippen LogP contribution in [0.2, 0.25) is 0 Å². The summed E-state index contributed by atoms with van der Waals surface area (Å²) in [5.74, 6) is 0.271. The molecule has 0 saturated heterocycles. The number of halogens is 2. The van der Waals surface area contributed by atoms with E-state index in [1.54, 1.807) is 13.2 Å². The average Bonchev–Trinajstić information content (AvgIpc) is 2.40. The Morgan fingerprint density at radius 2 is 1.89 bits per heavy atom. The van der Waals surface area contributed by atoms with Gasteiger partial charge in [0.1, 0.15) is 11.6 Å². The predicted octanol–water partition coefficient (Wildman–Crippen LogP) is 3.95. The van der Waals surface area contributed by atoms with Crippen LogP contribution in [-0.4, -0.2) is 7.11 Å². The highest BCUT2D eigenvalue weighted by Crippen LogP contribution is 2.31. The maximum Gasteiger partial charge on any atom is 0.124 e. The van der Waals surface area contributed by atoms with Gasteiger partial charge < -0.3 is 10.5 Å². The number of aryl methyl sites for hydroxylation is 1. The van der Waals surface area contributed by atoms with Crippen molar-refractivity contribution in [2.75, 3.05) is 7.11 Å². The second-order valence-electron chi connectivity index (χ2n) is 4.36. The van der Waals surface area contributed by atoms with Gasteiger partial charge >= 0.3 is 0 Å². The minimum atomic E-state index is -0.428. The number of hydrogen-bond donors (Lipinski definition) is 1. The summed E-state index contributed by atoms with van der Waals surface area (Å²) in [5.41, 5.74) is 8.91. The van der Waals surface area contributed by atoms with Gasteiger partial charge in [-0.05, 0) is 48.4 Å². The van der Waals surface area contributed by atoms with Gasteiger partial charge in [0, 0.05) is 10.0 Å². The van der Waals surface area contributed by atoms with Gasteiger partial charge in [0.15, 0.2) is 0 Å². The van der Waals surface area contributed by atoms with E-state index in [1.807, 2.05) is 25.1 Å². The number of nitrogens with two attached hydrogens (primary N) is 1. The van der Waals surface area contributed by atoms with Gasteiger partial charge in [-0.25, -0.2) is 4.39 Å². The molecule has 0 bridgehead atoms. The zero-order chi connectivity index (χ0) is 14.0. The minimum Gasteiger partial charge on any atom is -0.496 e. The van der Waals surface area contributed by atoms with E-state index in [-0.39, 0.29) is 5.82 Å². The average molecular weight is 324 g/mol. The fourth-order valence-corrected chi connectivity index (χ4v) is 2.44. The molecule has 1 atom stereocenters. The molecule has 4 heteroatoms. The highest BCUT2D eigenvalue weighted by atomic mass is 79.9. The fourth-order valence-electron chi connectivity index (χ4n) is 2.06. The van der Waals surface area contributed by atoms with Crippen LogP contribution in [0.3, 0.4) is 0 Å². The van der Waals surface area contributed by atoms with Crippen LogP contribution in [0.25, 0.3) is 0 Å². The lowest BCUT2D eigenvalue weighted by Crippen LogP contribution is -2.14. The molecule has 0 aliphatic carbocycles. The molecule has 2 rings (SSSR count). The summed E-state index contributed by atoms with van der Waals surface area (Å²) in [6.45, 7) is 1.98. The maximum absolute atomic E-state index is 13.4. The van der Waals surface area contributed by atoms with Gasteiger partial charge in [-0.15, -0.1) is 0 Å². The first-order chi connectivity index (χ1) is 9.02. The molecular formula is C15H15BrFNO. The van der Waals surface area contributed by atoms with Gasteiger partial charge in [0.25, 0.3) is 0 Å². The number of hydrogen-bond acceptors (Lipinski definition) is 2. The number of benzene rings is 2. The Morgan fingerprint density at radius 3 is 2.58 bits per heavy atom. The van der Waals surface area contributed by atoms with Crippen LogP contribution in [0, 0.1) is 12.7 Å². The number of rotatable bonds is 3. The van der Waals surface area contributed by atoms with E-state index in [0.29, 0.717) is 11.3 Å². The van der Waals surface area contributed by atoms with E-state index < -0.39 is 6.04 Å². The second-order valence-corrected chi connectivity index (χ2v) is 5.28. The smallest absolute Gasteiger partial charge is 0.124 e. The molecule has 1 unspecified atom stereocenters. The molecule has 2 N–H and O–H groups in total. The van der Waals surface area contributed by atoms with Gasteiger partial charge in [0.05, 0.1) is 13.2 Å². The van der Waals surface area contributed by atoms with E-state index in [0.717, 1.165) is 15.6 Å². The molecule has 19 heavy (non-hydrogen) atoms. The van der Waals surface area contributed by atoms with E-state index in [9.17, 15) is 4.39 Å². The molecular weight excluding hydrogens is 309 g/mol. The van der Waals surface area contributed by atoms with Crippen molar-refractivity contribution in [3.8, 4) is 5.75 Å². The Morgan fingerprint density at radius 1 is 1.16 bits per heavy atom. The van der Waals surface area contributed by atoms with E-state index in [4.69, 9.17) is 10.5 Å². The molecule has 0 aromatic heterocycles. The van der Waals surface area contributed by atoms with E-state index in [2.05, 4.69) is 15.9 Å². The topological polar surface area (TPSA) is 35.2 Å². The summed E-state index contributed by atoms with van der Waals surface area (Å²) in [7, 11) is 1.55. The summed E-state index contributed by atoms with van der Waals surface area (Å²) >= 11 is 3.43. The lowest BCUT2D eigenvalue weighted by atomic mass is 9.95. The minimum absolute atomic E-state index is 0.320. The Labute approximate surface area is 120 Å². The SMILES string of the molecule is COc1ccc(F)cc1C(N)c1cc(Br)ccc1C. The normalized spacial score (nSPS) is 12.3. The first-order valence-corrected chi connectivity index (χ1v) is 6.67. The van der Waals surface area contributed by atoms with Crippen molar-refractivity contribution in [1.29, 1.82) is 0 Å². The van der Waals surface area contributed by atoms with Crippen molar-refractivity contribution >= 4 is 15.9 Å². The van der Waals surface area contributed by atoms with Gasteiger partial charge in [-0.1, -0.05) is 22.0 Å². The molecule has 0 aliphatic heterocycles. The van der Waals surface area contributed by atoms with Crippen molar-refractivity contribution in [3.63, 3.8) is 0 Å². The molecule has 0 saturated carbocycles. The van der Waals surface area contributed by atoms with Crippen LogP contribution in [0.15, 0.2) is 40.9 Å². The summed E-state index contributed by atoms with van der Waals surface area (Å²) < 4.78 is 19.6. The van der Waals surface area contributed by atoms with Crippen LogP contribution in [0.5, 0.6) is 5.75 Å². The molecule has 0 aliphatic rings. The number of ether oxygens (including phenoxy) is 1. The third-order valence-electron chi connectivity index (χ3n) is 3.10. The standard InChI is InChI=1S/C15H15BrFNO/c1-9-3-4-10(16)7-12(9)15(18)13-8-11(17)5-6-14(13)19-2/h3-8,15H,18H2,1-2H3. The summed E-state index contributed by atoms with van der Waals surface area (Å²) in [4.78, 5) is 0. The molecule has 0 amide bonds. The Balaban J connectivity index is 2.51. The first-order valence-electron chi connectivity index (χ1n) is 5.88. The Kier molecular flexibility index (Phi) is 4.22. The molecule has 2 aromatic rings. The molecule has 0 radical (unpaired) electrons. The molecule has 0 fully saturated rings. The Hall–Kier alpha value is -1.39. The lowest BCUT2D eigenvalue weighted by Gasteiger charge is -2.18. The maximum atomic E-state index is 13.4. The highest BCUT2D eigenvalue weighted by molar-refractivity contribution is 9.10. The van der Waals surface area contributed by atoms with Crippen molar-refractivity contribution in [3.05, 3.63) is 63.4 Å². The van der Waals surface area contributed by atoms with Crippen LogP contribution in [0.4, 0.5) is 4.39 Å². The lowest BCUT2D eigenvalue weighted by molar-refractivity contribution is 0.406. The third-order valence-corrected chi connectivity index (χ3v) is 3.60. The van der Waals surface area contributed by atoms with Gasteiger partial charge in [-0.2, -0.15) is 0 Å². The van der Waals surface area contributed by atoms with Gasteiger partial charge in [-0.3, -0.25) is 0 Å². The molecule has 2 aromatic carbocycles. The molecule has 0 spiro atoms. The monoisotopic (exact) mass is 323 g/mol. The first kappa shape index (κ1) is 14.0. The van der Waals surface area contributed by atoms with Crippen LogP contribution in [-0.2, 0) is 0 Å². The quantitative estimate of drug-likeness (QED) is 0.928. The summed E-state index contributed by atoms with van der Waals surface area (Å²) in [6.07, 6.45) is 0. The van der Waals surface area contributed by atoms with Crippen LogP contribution >= 0.6 is 15.9 Å². The molecule has 100 valence electrons. The zero-order valence-corrected chi connectivity index (χ0v) is 12.4. The predicted molar refractivity (Wildman–Crippen MR) is 77.9 cm³/mol. The molecule has 2 nitrogen and oxygen atoms in total.